The summed E-state index contributed by atoms with van der Waals surface area (Å²) in [7, 11) is 1.73. The Bertz CT molecular complexity index is 886. The lowest BCUT2D eigenvalue weighted by Crippen LogP contribution is -2.52. The van der Waals surface area contributed by atoms with Gasteiger partial charge in [0.2, 0.25) is 5.95 Å². The van der Waals surface area contributed by atoms with Crippen LogP contribution in [-0.4, -0.2) is 50.8 Å². The average Bonchev–Trinajstić information content (AvgIpc) is 2.98. The van der Waals surface area contributed by atoms with Crippen molar-refractivity contribution in [3.8, 4) is 0 Å². The van der Waals surface area contributed by atoms with E-state index in [1.165, 1.54) is 0 Å². The number of hydrogen-bond acceptors (Lipinski definition) is 7. The van der Waals surface area contributed by atoms with Crippen LogP contribution in [0.3, 0.4) is 0 Å². The molecule has 1 saturated heterocycles. The van der Waals surface area contributed by atoms with Gasteiger partial charge in [0.25, 0.3) is 0 Å². The maximum absolute atomic E-state index is 5.30. The molecule has 1 aliphatic heterocycles. The number of pyridine rings is 1. The van der Waals surface area contributed by atoms with Gasteiger partial charge in [0.15, 0.2) is 0 Å². The molecule has 0 radical (unpaired) electrons. The quantitative estimate of drug-likeness (QED) is 0.764. The van der Waals surface area contributed by atoms with Crippen LogP contribution in [-0.2, 0) is 4.74 Å². The second-order valence-electron chi connectivity index (χ2n) is 6.43. The van der Waals surface area contributed by atoms with Gasteiger partial charge in [0.05, 0.1) is 24.1 Å². The Morgan fingerprint density at radius 2 is 2.04 bits per heavy atom. The van der Waals surface area contributed by atoms with E-state index in [1.807, 2.05) is 18.5 Å². The van der Waals surface area contributed by atoms with Gasteiger partial charge in [-0.25, -0.2) is 15.0 Å². The predicted molar refractivity (Wildman–Crippen MR) is 96.2 cm³/mol. The van der Waals surface area contributed by atoms with E-state index in [4.69, 9.17) is 4.74 Å². The van der Waals surface area contributed by atoms with Crippen molar-refractivity contribution in [3.05, 3.63) is 30.9 Å². The van der Waals surface area contributed by atoms with Crippen molar-refractivity contribution in [2.24, 2.45) is 0 Å². The molecule has 3 aromatic rings. The first kappa shape index (κ1) is 15.8. The van der Waals surface area contributed by atoms with Gasteiger partial charge in [-0.2, -0.15) is 4.98 Å². The lowest BCUT2D eigenvalue weighted by molar-refractivity contribution is 0.0778. The van der Waals surface area contributed by atoms with Crippen LogP contribution >= 0.6 is 0 Å². The fraction of sp³-hybridized carbons (Fsp3) is 0.412. The molecule has 8 heteroatoms. The van der Waals surface area contributed by atoms with Crippen molar-refractivity contribution >= 4 is 28.6 Å². The molecule has 0 amide bonds. The third-order valence-electron chi connectivity index (χ3n) is 4.38. The Labute approximate surface area is 145 Å². The molecular weight excluding hydrogens is 318 g/mol. The summed E-state index contributed by atoms with van der Waals surface area (Å²) in [5.41, 5.74) is 1.93. The zero-order valence-electron chi connectivity index (χ0n) is 14.5. The third-order valence-corrected chi connectivity index (χ3v) is 4.38. The van der Waals surface area contributed by atoms with E-state index >= 15 is 0 Å². The molecule has 0 unspecified atom stereocenters. The van der Waals surface area contributed by atoms with E-state index in [2.05, 4.69) is 48.6 Å². The molecule has 8 nitrogen and oxygen atoms in total. The molecular formula is C17H21N7O. The Balaban J connectivity index is 1.56. The van der Waals surface area contributed by atoms with Crippen LogP contribution in [0.4, 0.5) is 17.6 Å². The molecule has 0 atom stereocenters. The fourth-order valence-corrected chi connectivity index (χ4v) is 2.86. The first-order valence-electron chi connectivity index (χ1n) is 8.34. The van der Waals surface area contributed by atoms with Crippen LogP contribution in [0.15, 0.2) is 30.9 Å². The monoisotopic (exact) mass is 339 g/mol. The number of ether oxygens (including phenoxy) is 1. The SMILES string of the molecule is COC1CN(c2nccc(Nc3cc4c(cn3)ncn4C(C)C)n2)C1. The van der Waals surface area contributed by atoms with Crippen LogP contribution in [0.25, 0.3) is 11.0 Å². The van der Waals surface area contributed by atoms with Gasteiger partial charge in [0, 0.05) is 38.5 Å². The van der Waals surface area contributed by atoms with E-state index in [-0.39, 0.29) is 6.10 Å². The number of nitrogens with one attached hydrogen (secondary N) is 1. The van der Waals surface area contributed by atoms with Crippen LogP contribution < -0.4 is 10.2 Å². The van der Waals surface area contributed by atoms with Gasteiger partial charge >= 0.3 is 0 Å². The normalized spacial score (nSPS) is 15.0. The average molecular weight is 339 g/mol. The topological polar surface area (TPSA) is 81.0 Å². The Morgan fingerprint density at radius 1 is 1.20 bits per heavy atom. The molecule has 0 bridgehead atoms. The summed E-state index contributed by atoms with van der Waals surface area (Å²) >= 11 is 0. The lowest BCUT2D eigenvalue weighted by atomic mass is 10.2. The molecule has 1 N–H and O–H groups in total. The van der Waals surface area contributed by atoms with Crippen molar-refractivity contribution in [3.63, 3.8) is 0 Å². The number of nitrogens with zero attached hydrogens (tertiary/aromatic N) is 6. The first-order chi connectivity index (χ1) is 12.1. The van der Waals surface area contributed by atoms with Crippen molar-refractivity contribution in [2.75, 3.05) is 30.4 Å². The smallest absolute Gasteiger partial charge is 0.227 e. The second-order valence-corrected chi connectivity index (χ2v) is 6.43. The first-order valence-corrected chi connectivity index (χ1v) is 8.34. The van der Waals surface area contributed by atoms with E-state index < -0.39 is 0 Å². The van der Waals surface area contributed by atoms with Crippen LogP contribution in [0.2, 0.25) is 0 Å². The zero-order chi connectivity index (χ0) is 17.4. The highest BCUT2D eigenvalue weighted by atomic mass is 16.5. The Morgan fingerprint density at radius 3 is 2.80 bits per heavy atom. The van der Waals surface area contributed by atoms with Gasteiger partial charge in [-0.05, 0) is 19.9 Å². The fourth-order valence-electron chi connectivity index (χ4n) is 2.86. The molecule has 4 heterocycles. The van der Waals surface area contributed by atoms with E-state index in [1.54, 1.807) is 19.5 Å². The van der Waals surface area contributed by atoms with Gasteiger partial charge in [-0.15, -0.1) is 0 Å². The molecule has 130 valence electrons. The number of aromatic nitrogens is 5. The number of anilines is 3. The molecule has 0 spiro atoms. The summed E-state index contributed by atoms with van der Waals surface area (Å²) in [6.45, 7) is 5.90. The largest absolute Gasteiger partial charge is 0.378 e. The van der Waals surface area contributed by atoms with Crippen LogP contribution in [0, 0.1) is 0 Å². The predicted octanol–water partition coefficient (Wildman–Crippen LogP) is 2.38. The molecule has 1 fully saturated rings. The van der Waals surface area contributed by atoms with Crippen molar-refractivity contribution in [1.82, 2.24) is 24.5 Å². The minimum atomic E-state index is 0.264. The zero-order valence-corrected chi connectivity index (χ0v) is 14.5. The number of hydrogen-bond donors (Lipinski definition) is 1. The highest BCUT2D eigenvalue weighted by molar-refractivity contribution is 5.78. The van der Waals surface area contributed by atoms with Gasteiger partial charge < -0.3 is 19.5 Å². The van der Waals surface area contributed by atoms with Crippen molar-refractivity contribution in [2.45, 2.75) is 26.0 Å². The van der Waals surface area contributed by atoms with E-state index in [9.17, 15) is 0 Å². The molecule has 0 aliphatic carbocycles. The molecule has 1 aliphatic rings. The maximum Gasteiger partial charge on any atom is 0.227 e. The van der Waals surface area contributed by atoms with Crippen molar-refractivity contribution in [1.29, 1.82) is 0 Å². The number of rotatable bonds is 5. The highest BCUT2D eigenvalue weighted by Crippen LogP contribution is 2.23. The van der Waals surface area contributed by atoms with Crippen LogP contribution in [0.5, 0.6) is 0 Å². The van der Waals surface area contributed by atoms with Gasteiger partial charge in [-0.1, -0.05) is 0 Å². The maximum atomic E-state index is 5.30. The minimum Gasteiger partial charge on any atom is -0.378 e. The number of imidazole rings is 1. The molecule has 3 aromatic heterocycles. The summed E-state index contributed by atoms with van der Waals surface area (Å²) in [5.74, 6) is 2.15. The Kier molecular flexibility index (Phi) is 3.96. The van der Waals surface area contributed by atoms with Crippen molar-refractivity contribution < 1.29 is 4.74 Å². The summed E-state index contributed by atoms with van der Waals surface area (Å²) in [6.07, 6.45) is 5.64. The number of fused-ring (bicyclic) bond motifs is 1. The molecule has 0 saturated carbocycles. The molecule has 0 aromatic carbocycles. The summed E-state index contributed by atoms with van der Waals surface area (Å²) in [6, 6.07) is 4.17. The van der Waals surface area contributed by atoms with E-state index in [0.717, 1.165) is 29.9 Å². The summed E-state index contributed by atoms with van der Waals surface area (Å²) < 4.78 is 7.42. The molecule has 25 heavy (non-hydrogen) atoms. The van der Waals surface area contributed by atoms with Crippen LogP contribution in [0.1, 0.15) is 19.9 Å². The third kappa shape index (κ3) is 3.00. The molecule has 4 rings (SSSR count). The minimum absolute atomic E-state index is 0.264. The standard InChI is InChI=1S/C17H21N7O/c1-11(2)24-10-20-13-7-19-16(6-14(13)24)21-15-4-5-18-17(22-15)23-8-12(9-23)25-3/h4-7,10-12H,8-9H2,1-3H3,(H,18,19,21,22). The second kappa shape index (κ2) is 6.29. The van der Waals surface area contributed by atoms with Gasteiger partial charge in [0.1, 0.15) is 17.2 Å². The summed E-state index contributed by atoms with van der Waals surface area (Å²) in [4.78, 5) is 19.8. The Hall–Kier alpha value is -2.74. The number of methoxy groups -OCH3 is 1. The summed E-state index contributed by atoms with van der Waals surface area (Å²) in [5, 5.41) is 3.26. The van der Waals surface area contributed by atoms with Gasteiger partial charge in [-0.3, -0.25) is 0 Å². The van der Waals surface area contributed by atoms with E-state index in [0.29, 0.717) is 17.8 Å². The lowest BCUT2D eigenvalue weighted by Gasteiger charge is -2.38. The highest BCUT2D eigenvalue weighted by Gasteiger charge is 2.28.